The minimum Gasteiger partial charge on any atom is -0.354 e. The van der Waals surface area contributed by atoms with Crippen molar-refractivity contribution in [1.82, 2.24) is 15.1 Å². The van der Waals surface area contributed by atoms with Gasteiger partial charge in [0, 0.05) is 30.6 Å². The van der Waals surface area contributed by atoms with Gasteiger partial charge in [0.1, 0.15) is 0 Å². The average Bonchev–Trinajstić information content (AvgIpc) is 3.07. The van der Waals surface area contributed by atoms with Gasteiger partial charge in [-0.1, -0.05) is 6.07 Å². The second-order valence-corrected chi connectivity index (χ2v) is 7.12. The highest BCUT2D eigenvalue weighted by atomic mass is 32.1. The molecule has 0 amide bonds. The molecule has 3 heterocycles. The number of hydrogen-bond acceptors (Lipinski definition) is 5. The van der Waals surface area contributed by atoms with Gasteiger partial charge in [0.2, 0.25) is 0 Å². The lowest BCUT2D eigenvalue weighted by Crippen LogP contribution is -2.47. The van der Waals surface area contributed by atoms with E-state index >= 15 is 0 Å². The smallest absolute Gasteiger partial charge is 0.151 e. The predicted octanol–water partition coefficient (Wildman–Crippen LogP) is 2.99. The second-order valence-electron chi connectivity index (χ2n) is 6.08. The highest BCUT2D eigenvalue weighted by Gasteiger charge is 2.24. The molecule has 0 N–H and O–H groups in total. The van der Waals surface area contributed by atoms with Crippen LogP contribution in [0.25, 0.3) is 0 Å². The molecule has 4 nitrogen and oxygen atoms in total. The van der Waals surface area contributed by atoms with Gasteiger partial charge in [-0.25, -0.2) is 0 Å². The fourth-order valence-corrected chi connectivity index (χ4v) is 3.71. The van der Waals surface area contributed by atoms with Crippen molar-refractivity contribution in [2.45, 2.75) is 32.2 Å². The zero-order chi connectivity index (χ0) is 15.4. The molecule has 1 aliphatic rings. The van der Waals surface area contributed by atoms with Crippen LogP contribution in [0.15, 0.2) is 29.6 Å². The molecule has 0 aliphatic carbocycles. The normalized spacial score (nSPS) is 18.9. The minimum absolute atomic E-state index is 0.608. The number of rotatable bonds is 5. The third kappa shape index (κ3) is 3.84. The van der Waals surface area contributed by atoms with Gasteiger partial charge in [-0.15, -0.1) is 16.4 Å². The van der Waals surface area contributed by atoms with Gasteiger partial charge in [0.15, 0.2) is 5.82 Å². The summed E-state index contributed by atoms with van der Waals surface area (Å²) in [6.07, 6.45) is 3.65. The Morgan fingerprint density at radius 1 is 1.32 bits per heavy atom. The van der Waals surface area contributed by atoms with Gasteiger partial charge in [-0.3, -0.25) is 0 Å². The number of aromatic nitrogens is 2. The van der Waals surface area contributed by atoms with Gasteiger partial charge >= 0.3 is 0 Å². The van der Waals surface area contributed by atoms with Gasteiger partial charge in [0.25, 0.3) is 0 Å². The van der Waals surface area contributed by atoms with Crippen LogP contribution < -0.4 is 4.90 Å². The van der Waals surface area contributed by atoms with Crippen LogP contribution in [0.4, 0.5) is 5.82 Å². The summed E-state index contributed by atoms with van der Waals surface area (Å²) < 4.78 is 0. The van der Waals surface area contributed by atoms with Crippen molar-refractivity contribution in [2.75, 3.05) is 31.6 Å². The molecule has 118 valence electrons. The number of aryl methyl sites for hydroxylation is 1. The molecule has 2 aromatic heterocycles. The highest BCUT2D eigenvalue weighted by molar-refractivity contribution is 7.09. The number of hydrogen-bond donors (Lipinski definition) is 0. The summed E-state index contributed by atoms with van der Waals surface area (Å²) in [5.41, 5.74) is 0.977. The summed E-state index contributed by atoms with van der Waals surface area (Å²) in [6.45, 7) is 5.25. The van der Waals surface area contributed by atoms with Crippen molar-refractivity contribution in [3.63, 3.8) is 0 Å². The lowest BCUT2D eigenvalue weighted by atomic mass is 10.0. The first-order valence-electron chi connectivity index (χ1n) is 8.00. The number of anilines is 1. The third-order valence-electron chi connectivity index (χ3n) is 4.42. The van der Waals surface area contributed by atoms with Crippen LogP contribution in [0.5, 0.6) is 0 Å². The van der Waals surface area contributed by atoms with E-state index in [2.05, 4.69) is 50.6 Å². The molecule has 0 saturated carbocycles. The van der Waals surface area contributed by atoms with E-state index in [-0.39, 0.29) is 0 Å². The molecule has 22 heavy (non-hydrogen) atoms. The second kappa shape index (κ2) is 7.20. The van der Waals surface area contributed by atoms with Crippen LogP contribution >= 0.6 is 11.3 Å². The molecule has 0 radical (unpaired) electrons. The predicted molar refractivity (Wildman–Crippen MR) is 92.7 cm³/mol. The van der Waals surface area contributed by atoms with Gasteiger partial charge in [-0.2, -0.15) is 5.10 Å². The van der Waals surface area contributed by atoms with Crippen LogP contribution in [0, 0.1) is 6.92 Å². The lowest BCUT2D eigenvalue weighted by molar-refractivity contribution is 0.217. The Bertz CT molecular complexity index is 567. The van der Waals surface area contributed by atoms with E-state index in [0.717, 1.165) is 37.6 Å². The maximum atomic E-state index is 4.34. The molecular formula is C17H24N4S. The van der Waals surface area contributed by atoms with Crippen molar-refractivity contribution >= 4 is 17.2 Å². The lowest BCUT2D eigenvalue weighted by Gasteiger charge is -2.38. The first kappa shape index (κ1) is 15.4. The molecule has 3 rings (SSSR count). The average molecular weight is 316 g/mol. The Morgan fingerprint density at radius 3 is 2.95 bits per heavy atom. The van der Waals surface area contributed by atoms with Crippen molar-refractivity contribution in [3.8, 4) is 0 Å². The maximum absolute atomic E-state index is 4.34. The SMILES string of the molecule is Cc1ccc(N2CCC[C@H](N(C)CCc3cccs3)C2)nn1. The van der Waals surface area contributed by atoms with Crippen molar-refractivity contribution in [2.24, 2.45) is 0 Å². The van der Waals surface area contributed by atoms with Crippen LogP contribution in [0.2, 0.25) is 0 Å². The topological polar surface area (TPSA) is 32.3 Å². The van der Waals surface area contributed by atoms with Gasteiger partial charge in [-0.05, 0) is 56.8 Å². The van der Waals surface area contributed by atoms with Crippen LogP contribution in [0.1, 0.15) is 23.4 Å². The molecular weight excluding hydrogens is 292 g/mol. The molecule has 2 aromatic rings. The number of nitrogens with zero attached hydrogens (tertiary/aromatic N) is 4. The van der Waals surface area contributed by atoms with Crippen molar-refractivity contribution in [3.05, 3.63) is 40.2 Å². The molecule has 1 fully saturated rings. The highest BCUT2D eigenvalue weighted by Crippen LogP contribution is 2.20. The van der Waals surface area contributed by atoms with Crippen molar-refractivity contribution < 1.29 is 0 Å². The fourth-order valence-electron chi connectivity index (χ4n) is 3.01. The Balaban J connectivity index is 1.56. The zero-order valence-corrected chi connectivity index (χ0v) is 14.2. The van der Waals surface area contributed by atoms with Crippen LogP contribution in [0.3, 0.4) is 0 Å². The zero-order valence-electron chi connectivity index (χ0n) is 13.4. The summed E-state index contributed by atoms with van der Waals surface area (Å²) in [5, 5.41) is 10.7. The Labute approximate surface area is 136 Å². The van der Waals surface area contributed by atoms with E-state index in [0.29, 0.717) is 6.04 Å². The Morgan fingerprint density at radius 2 is 2.23 bits per heavy atom. The molecule has 5 heteroatoms. The van der Waals surface area contributed by atoms with E-state index in [1.54, 1.807) is 0 Å². The summed E-state index contributed by atoms with van der Waals surface area (Å²) in [6, 6.07) is 9.12. The van der Waals surface area contributed by atoms with E-state index in [1.165, 1.54) is 17.7 Å². The summed E-state index contributed by atoms with van der Waals surface area (Å²) >= 11 is 1.85. The minimum atomic E-state index is 0.608. The monoisotopic (exact) mass is 316 g/mol. The van der Waals surface area contributed by atoms with Crippen LogP contribution in [-0.2, 0) is 6.42 Å². The quantitative estimate of drug-likeness (QED) is 0.849. The van der Waals surface area contributed by atoms with Gasteiger partial charge in [0.05, 0.1) is 5.69 Å². The fraction of sp³-hybridized carbons (Fsp3) is 0.529. The molecule has 0 aromatic carbocycles. The molecule has 1 atom stereocenters. The molecule has 1 saturated heterocycles. The first-order chi connectivity index (χ1) is 10.7. The Kier molecular flexibility index (Phi) is 5.05. The first-order valence-corrected chi connectivity index (χ1v) is 8.88. The summed E-state index contributed by atoms with van der Waals surface area (Å²) in [5.74, 6) is 1.02. The summed E-state index contributed by atoms with van der Waals surface area (Å²) in [7, 11) is 2.25. The standard InChI is InChI=1S/C17H24N4S/c1-14-7-8-17(19-18-14)21-10-3-5-15(13-21)20(2)11-9-16-6-4-12-22-16/h4,6-8,12,15H,3,5,9-11,13H2,1-2H3/t15-/m0/s1. The van der Waals surface area contributed by atoms with E-state index in [4.69, 9.17) is 0 Å². The maximum Gasteiger partial charge on any atom is 0.151 e. The number of thiophene rings is 1. The van der Waals surface area contributed by atoms with E-state index in [1.807, 2.05) is 24.3 Å². The van der Waals surface area contributed by atoms with E-state index < -0.39 is 0 Å². The molecule has 0 bridgehead atoms. The number of piperidine rings is 1. The molecule has 0 unspecified atom stereocenters. The van der Waals surface area contributed by atoms with Crippen LogP contribution in [-0.4, -0.2) is 47.8 Å². The Hall–Kier alpha value is -1.46. The summed E-state index contributed by atoms with van der Waals surface area (Å²) in [4.78, 5) is 6.36. The largest absolute Gasteiger partial charge is 0.354 e. The van der Waals surface area contributed by atoms with E-state index in [9.17, 15) is 0 Å². The van der Waals surface area contributed by atoms with Crippen molar-refractivity contribution in [1.29, 1.82) is 0 Å². The third-order valence-corrected chi connectivity index (χ3v) is 5.35. The molecule has 1 aliphatic heterocycles. The molecule has 0 spiro atoms. The number of likely N-dealkylation sites (N-methyl/N-ethyl adjacent to an activating group) is 1. The van der Waals surface area contributed by atoms with Gasteiger partial charge < -0.3 is 9.80 Å².